The molecule has 0 aromatic carbocycles. The van der Waals surface area contributed by atoms with Crippen LogP contribution in [0.5, 0.6) is 0 Å². The fourth-order valence-electron chi connectivity index (χ4n) is 1.98. The molecule has 106 valence electrons. The van der Waals surface area contributed by atoms with E-state index < -0.39 is 0 Å². The molecule has 7 nitrogen and oxygen atoms in total. The standard InChI is InChI=1S/C12H22N6O/c1-9(2)10-15-11(17-16-10)12(19)14-5-8-18-6-3-13-4-7-18/h9,13H,3-8H2,1-2H3,(H,14,19)(H,15,16,17). The summed E-state index contributed by atoms with van der Waals surface area (Å²) in [6.45, 7) is 9.62. The van der Waals surface area contributed by atoms with E-state index in [4.69, 9.17) is 0 Å². The van der Waals surface area contributed by atoms with E-state index in [2.05, 4.69) is 30.7 Å². The lowest BCUT2D eigenvalue weighted by molar-refractivity contribution is 0.0937. The van der Waals surface area contributed by atoms with Crippen LogP contribution in [-0.2, 0) is 0 Å². The van der Waals surface area contributed by atoms with Crippen LogP contribution < -0.4 is 10.6 Å². The fourth-order valence-corrected chi connectivity index (χ4v) is 1.98. The Hall–Kier alpha value is -1.47. The molecular weight excluding hydrogens is 244 g/mol. The van der Waals surface area contributed by atoms with Crippen molar-refractivity contribution >= 4 is 5.91 Å². The largest absolute Gasteiger partial charge is 0.348 e. The van der Waals surface area contributed by atoms with Crippen molar-refractivity contribution in [2.45, 2.75) is 19.8 Å². The van der Waals surface area contributed by atoms with E-state index in [9.17, 15) is 4.79 Å². The molecule has 0 saturated carbocycles. The molecule has 1 saturated heterocycles. The van der Waals surface area contributed by atoms with Gasteiger partial charge in [0.05, 0.1) is 0 Å². The van der Waals surface area contributed by atoms with Gasteiger partial charge in [0.1, 0.15) is 5.82 Å². The van der Waals surface area contributed by atoms with E-state index in [-0.39, 0.29) is 17.6 Å². The Bertz CT molecular complexity index is 410. The molecule has 0 unspecified atom stereocenters. The molecule has 2 heterocycles. The minimum absolute atomic E-state index is 0.210. The second-order valence-corrected chi connectivity index (χ2v) is 5.05. The molecular formula is C12H22N6O. The Morgan fingerprint density at radius 1 is 1.42 bits per heavy atom. The highest BCUT2D eigenvalue weighted by Gasteiger charge is 2.14. The van der Waals surface area contributed by atoms with Crippen LogP contribution in [0.1, 0.15) is 36.2 Å². The molecule has 0 radical (unpaired) electrons. The Morgan fingerprint density at radius 3 is 2.79 bits per heavy atom. The Labute approximate surface area is 113 Å². The van der Waals surface area contributed by atoms with Gasteiger partial charge < -0.3 is 10.6 Å². The molecule has 1 aliphatic heterocycles. The third kappa shape index (κ3) is 4.00. The van der Waals surface area contributed by atoms with Gasteiger partial charge in [0.25, 0.3) is 5.91 Å². The van der Waals surface area contributed by atoms with Gasteiger partial charge in [-0.1, -0.05) is 13.8 Å². The lowest BCUT2D eigenvalue weighted by Crippen LogP contribution is -2.46. The van der Waals surface area contributed by atoms with E-state index >= 15 is 0 Å². The number of aromatic amines is 1. The van der Waals surface area contributed by atoms with E-state index in [0.717, 1.165) is 38.5 Å². The van der Waals surface area contributed by atoms with Crippen molar-refractivity contribution in [3.63, 3.8) is 0 Å². The van der Waals surface area contributed by atoms with Crippen LogP contribution in [0.3, 0.4) is 0 Å². The number of nitrogens with one attached hydrogen (secondary N) is 3. The highest BCUT2D eigenvalue weighted by molar-refractivity contribution is 5.90. The minimum Gasteiger partial charge on any atom is -0.348 e. The van der Waals surface area contributed by atoms with Crippen LogP contribution in [0.4, 0.5) is 0 Å². The summed E-state index contributed by atoms with van der Waals surface area (Å²) in [6.07, 6.45) is 0. The Kier molecular flexibility index (Phi) is 4.86. The first kappa shape index (κ1) is 14.0. The van der Waals surface area contributed by atoms with E-state index in [1.165, 1.54) is 0 Å². The number of carbonyl (C=O) groups excluding carboxylic acids is 1. The summed E-state index contributed by atoms with van der Waals surface area (Å²) in [7, 11) is 0. The minimum atomic E-state index is -0.210. The van der Waals surface area contributed by atoms with Crippen LogP contribution in [-0.4, -0.2) is 65.3 Å². The molecule has 0 spiro atoms. The van der Waals surface area contributed by atoms with Crippen molar-refractivity contribution in [1.29, 1.82) is 0 Å². The number of H-pyrrole nitrogens is 1. The van der Waals surface area contributed by atoms with Crippen LogP contribution >= 0.6 is 0 Å². The number of hydrogen-bond acceptors (Lipinski definition) is 5. The summed E-state index contributed by atoms with van der Waals surface area (Å²) in [4.78, 5) is 18.3. The zero-order valence-corrected chi connectivity index (χ0v) is 11.6. The van der Waals surface area contributed by atoms with Crippen molar-refractivity contribution in [2.75, 3.05) is 39.3 Å². The van der Waals surface area contributed by atoms with Crippen molar-refractivity contribution in [1.82, 2.24) is 30.7 Å². The van der Waals surface area contributed by atoms with Crippen LogP contribution in [0.2, 0.25) is 0 Å². The molecule has 1 amide bonds. The normalized spacial score (nSPS) is 16.8. The summed E-state index contributed by atoms with van der Waals surface area (Å²) >= 11 is 0. The lowest BCUT2D eigenvalue weighted by Gasteiger charge is -2.26. The smallest absolute Gasteiger partial charge is 0.291 e. The van der Waals surface area contributed by atoms with Crippen LogP contribution in [0.15, 0.2) is 0 Å². The average Bonchev–Trinajstić information content (AvgIpc) is 2.89. The molecule has 2 rings (SSSR count). The molecule has 7 heteroatoms. The number of piperazine rings is 1. The Morgan fingerprint density at radius 2 is 2.16 bits per heavy atom. The van der Waals surface area contributed by atoms with Gasteiger partial charge >= 0.3 is 0 Å². The third-order valence-corrected chi connectivity index (χ3v) is 3.18. The maximum atomic E-state index is 11.8. The molecule has 1 fully saturated rings. The number of hydrogen-bond donors (Lipinski definition) is 3. The van der Waals surface area contributed by atoms with Gasteiger partial charge in [0.15, 0.2) is 0 Å². The van der Waals surface area contributed by atoms with Gasteiger partial charge in [-0.25, -0.2) is 4.98 Å². The highest BCUT2D eigenvalue weighted by atomic mass is 16.2. The lowest BCUT2D eigenvalue weighted by atomic mass is 10.2. The number of nitrogens with zero attached hydrogens (tertiary/aromatic N) is 3. The van der Waals surface area contributed by atoms with Gasteiger partial charge in [0, 0.05) is 45.2 Å². The average molecular weight is 266 g/mol. The molecule has 19 heavy (non-hydrogen) atoms. The molecule has 0 atom stereocenters. The van der Waals surface area contributed by atoms with Crippen LogP contribution in [0.25, 0.3) is 0 Å². The number of amides is 1. The summed E-state index contributed by atoms with van der Waals surface area (Å²) in [5.74, 6) is 1.00. The van der Waals surface area contributed by atoms with Crippen molar-refractivity contribution in [2.24, 2.45) is 0 Å². The molecule has 3 N–H and O–H groups in total. The predicted octanol–water partition coefficient (Wildman–Crippen LogP) is -0.437. The predicted molar refractivity (Wildman–Crippen MR) is 72.1 cm³/mol. The van der Waals surface area contributed by atoms with E-state index in [1.807, 2.05) is 13.8 Å². The molecule has 1 aromatic heterocycles. The third-order valence-electron chi connectivity index (χ3n) is 3.18. The van der Waals surface area contributed by atoms with E-state index in [0.29, 0.717) is 6.54 Å². The number of aromatic nitrogens is 3. The molecule has 1 aliphatic rings. The first-order valence-corrected chi connectivity index (χ1v) is 6.80. The molecule has 1 aromatic rings. The first-order chi connectivity index (χ1) is 9.16. The first-order valence-electron chi connectivity index (χ1n) is 6.80. The van der Waals surface area contributed by atoms with E-state index in [1.54, 1.807) is 0 Å². The SMILES string of the molecule is CC(C)c1nc(C(=O)NCCN2CCNCC2)n[nH]1. The maximum absolute atomic E-state index is 11.8. The second kappa shape index (κ2) is 6.63. The Balaban J connectivity index is 1.74. The summed E-state index contributed by atoms with van der Waals surface area (Å²) in [6, 6.07) is 0. The van der Waals surface area contributed by atoms with Gasteiger partial charge in [-0.2, -0.15) is 0 Å². The summed E-state index contributed by atoms with van der Waals surface area (Å²) < 4.78 is 0. The van der Waals surface area contributed by atoms with Crippen molar-refractivity contribution in [3.05, 3.63) is 11.6 Å². The summed E-state index contributed by atoms with van der Waals surface area (Å²) in [5.41, 5.74) is 0. The van der Waals surface area contributed by atoms with Crippen LogP contribution in [0, 0.1) is 0 Å². The summed E-state index contributed by atoms with van der Waals surface area (Å²) in [5, 5.41) is 12.9. The molecule has 0 aliphatic carbocycles. The topological polar surface area (TPSA) is 85.9 Å². The fraction of sp³-hybridized carbons (Fsp3) is 0.750. The number of carbonyl (C=O) groups is 1. The quantitative estimate of drug-likeness (QED) is 0.673. The van der Waals surface area contributed by atoms with Gasteiger partial charge in [-0.05, 0) is 0 Å². The number of rotatable bonds is 5. The zero-order valence-electron chi connectivity index (χ0n) is 11.6. The van der Waals surface area contributed by atoms with Gasteiger partial charge in [-0.3, -0.25) is 14.8 Å². The maximum Gasteiger partial charge on any atom is 0.291 e. The molecule has 0 bridgehead atoms. The highest BCUT2D eigenvalue weighted by Crippen LogP contribution is 2.07. The van der Waals surface area contributed by atoms with Gasteiger partial charge in [0.2, 0.25) is 5.82 Å². The monoisotopic (exact) mass is 266 g/mol. The van der Waals surface area contributed by atoms with Crippen molar-refractivity contribution < 1.29 is 4.79 Å². The van der Waals surface area contributed by atoms with Crippen molar-refractivity contribution in [3.8, 4) is 0 Å². The van der Waals surface area contributed by atoms with Gasteiger partial charge in [-0.15, -0.1) is 5.10 Å². The second-order valence-electron chi connectivity index (χ2n) is 5.05. The zero-order chi connectivity index (χ0) is 13.7.